The van der Waals surface area contributed by atoms with Crippen LogP contribution in [0.4, 0.5) is 0 Å². The molecule has 0 saturated carbocycles. The largest absolute Gasteiger partial charge is 0.337 e. The molecule has 122 valence electrons. The number of nitrogens with zero attached hydrogens (tertiary/aromatic N) is 3. The monoisotopic (exact) mass is 377 g/mol. The third kappa shape index (κ3) is 3.63. The van der Waals surface area contributed by atoms with Gasteiger partial charge in [0.2, 0.25) is 17.6 Å². The summed E-state index contributed by atoms with van der Waals surface area (Å²) < 4.78 is 6.49. The van der Waals surface area contributed by atoms with E-state index >= 15 is 0 Å². The highest BCUT2D eigenvalue weighted by molar-refractivity contribution is 9.10. The zero-order chi connectivity index (χ0) is 16.2. The van der Waals surface area contributed by atoms with Gasteiger partial charge in [-0.3, -0.25) is 4.79 Å². The van der Waals surface area contributed by atoms with Crippen molar-refractivity contribution < 1.29 is 9.32 Å². The van der Waals surface area contributed by atoms with Crippen molar-refractivity contribution in [1.82, 2.24) is 15.0 Å². The summed E-state index contributed by atoms with van der Waals surface area (Å²) in [5.74, 6) is 1.30. The van der Waals surface area contributed by atoms with Gasteiger partial charge in [0.25, 0.3) is 0 Å². The molecule has 23 heavy (non-hydrogen) atoms. The topological polar surface area (TPSA) is 59.2 Å². The van der Waals surface area contributed by atoms with Crippen LogP contribution in [0.2, 0.25) is 0 Å². The fourth-order valence-corrected chi connectivity index (χ4v) is 3.20. The number of hydrogen-bond donors (Lipinski definition) is 0. The van der Waals surface area contributed by atoms with Crippen LogP contribution in [0.15, 0.2) is 33.3 Å². The molecule has 0 spiro atoms. The molecule has 5 nitrogen and oxygen atoms in total. The van der Waals surface area contributed by atoms with E-state index in [1.165, 1.54) is 0 Å². The minimum absolute atomic E-state index is 0.0838. The highest BCUT2D eigenvalue weighted by Gasteiger charge is 2.31. The fraction of sp³-hybridized carbons (Fsp3) is 0.471. The maximum absolute atomic E-state index is 12.3. The van der Waals surface area contributed by atoms with Crippen molar-refractivity contribution in [2.75, 3.05) is 6.54 Å². The maximum atomic E-state index is 12.3. The van der Waals surface area contributed by atoms with Crippen molar-refractivity contribution >= 4 is 21.8 Å². The van der Waals surface area contributed by atoms with Gasteiger partial charge in [-0.2, -0.15) is 4.98 Å². The molecule has 0 aliphatic carbocycles. The van der Waals surface area contributed by atoms with Gasteiger partial charge in [-0.1, -0.05) is 28.0 Å². The molecule has 1 atom stereocenters. The first-order chi connectivity index (χ1) is 11.2. The van der Waals surface area contributed by atoms with Crippen molar-refractivity contribution in [1.29, 1.82) is 0 Å². The summed E-state index contributed by atoms with van der Waals surface area (Å²) in [5.41, 5.74) is 0.908. The Balaban J connectivity index is 1.82. The number of piperidine rings is 1. The SMILES string of the molecule is CCCC(=O)N1CCCC[C@H]1c1nc(-c2ccc(Br)cc2)no1. The molecular weight excluding hydrogens is 358 g/mol. The van der Waals surface area contributed by atoms with Crippen LogP contribution in [0.25, 0.3) is 11.4 Å². The van der Waals surface area contributed by atoms with Gasteiger partial charge in [-0.25, -0.2) is 0 Å². The number of aromatic nitrogens is 2. The molecule has 1 aromatic heterocycles. The van der Waals surface area contributed by atoms with E-state index < -0.39 is 0 Å². The van der Waals surface area contributed by atoms with Gasteiger partial charge < -0.3 is 9.42 Å². The molecule has 0 unspecified atom stereocenters. The Morgan fingerprint density at radius 2 is 2.13 bits per heavy atom. The predicted octanol–water partition coefficient (Wildman–Crippen LogP) is 4.35. The minimum Gasteiger partial charge on any atom is -0.337 e. The molecular formula is C17H20BrN3O2. The number of benzene rings is 1. The van der Waals surface area contributed by atoms with Gasteiger partial charge in [0, 0.05) is 23.0 Å². The van der Waals surface area contributed by atoms with E-state index in [0.29, 0.717) is 18.1 Å². The highest BCUT2D eigenvalue weighted by atomic mass is 79.9. The molecule has 6 heteroatoms. The van der Waals surface area contributed by atoms with Crippen LogP contribution in [0.5, 0.6) is 0 Å². The van der Waals surface area contributed by atoms with E-state index in [9.17, 15) is 4.79 Å². The molecule has 1 saturated heterocycles. The highest BCUT2D eigenvalue weighted by Crippen LogP contribution is 2.31. The smallest absolute Gasteiger partial charge is 0.249 e. The van der Waals surface area contributed by atoms with Gasteiger partial charge in [-0.05, 0) is 49.9 Å². The predicted molar refractivity (Wildman–Crippen MR) is 90.6 cm³/mol. The molecule has 1 fully saturated rings. The third-order valence-electron chi connectivity index (χ3n) is 4.12. The average molecular weight is 378 g/mol. The summed E-state index contributed by atoms with van der Waals surface area (Å²) in [7, 11) is 0. The molecule has 1 aliphatic heterocycles. The molecule has 2 aromatic rings. The van der Waals surface area contributed by atoms with Crippen LogP contribution in [0.3, 0.4) is 0 Å². The standard InChI is InChI=1S/C17H20BrN3O2/c1-2-5-15(22)21-11-4-3-6-14(21)17-19-16(20-23-17)12-7-9-13(18)10-8-12/h7-10,14H,2-6,11H2,1H3/t14-/m0/s1. The Morgan fingerprint density at radius 3 is 2.87 bits per heavy atom. The first-order valence-electron chi connectivity index (χ1n) is 8.08. The Bertz CT molecular complexity index is 669. The maximum Gasteiger partial charge on any atom is 0.249 e. The van der Waals surface area contributed by atoms with Crippen LogP contribution < -0.4 is 0 Å². The molecule has 2 heterocycles. The summed E-state index contributed by atoms with van der Waals surface area (Å²) in [6.07, 6.45) is 4.44. The first-order valence-corrected chi connectivity index (χ1v) is 8.87. The Labute approximate surface area is 144 Å². The lowest BCUT2D eigenvalue weighted by atomic mass is 10.0. The van der Waals surface area contributed by atoms with Crippen LogP contribution in [0.1, 0.15) is 51.0 Å². The van der Waals surface area contributed by atoms with E-state index in [0.717, 1.165) is 42.3 Å². The molecule has 1 aliphatic rings. The fourth-order valence-electron chi connectivity index (χ4n) is 2.93. The Hall–Kier alpha value is -1.69. The molecule has 0 N–H and O–H groups in total. The summed E-state index contributed by atoms with van der Waals surface area (Å²) in [6, 6.07) is 7.70. The third-order valence-corrected chi connectivity index (χ3v) is 4.64. The van der Waals surface area contributed by atoms with E-state index in [1.54, 1.807) is 0 Å². The van der Waals surface area contributed by atoms with E-state index in [4.69, 9.17) is 4.52 Å². The summed E-state index contributed by atoms with van der Waals surface area (Å²) in [5, 5.41) is 4.09. The zero-order valence-electron chi connectivity index (χ0n) is 13.2. The molecule has 0 radical (unpaired) electrons. The van der Waals surface area contributed by atoms with Gasteiger partial charge in [-0.15, -0.1) is 0 Å². The number of hydrogen-bond acceptors (Lipinski definition) is 4. The number of likely N-dealkylation sites (tertiary alicyclic amines) is 1. The number of rotatable bonds is 4. The van der Waals surface area contributed by atoms with Gasteiger partial charge in [0.05, 0.1) is 0 Å². The first kappa shape index (κ1) is 16.2. The Kier molecular flexibility index (Phi) is 5.10. The second kappa shape index (κ2) is 7.25. The van der Waals surface area contributed by atoms with E-state index in [-0.39, 0.29) is 11.9 Å². The van der Waals surface area contributed by atoms with Crippen molar-refractivity contribution in [2.45, 2.75) is 45.1 Å². The van der Waals surface area contributed by atoms with Crippen LogP contribution >= 0.6 is 15.9 Å². The van der Waals surface area contributed by atoms with Crippen molar-refractivity contribution in [3.63, 3.8) is 0 Å². The molecule has 0 bridgehead atoms. The number of carbonyl (C=O) groups excluding carboxylic acids is 1. The minimum atomic E-state index is -0.0838. The quantitative estimate of drug-likeness (QED) is 0.794. The van der Waals surface area contributed by atoms with E-state index in [2.05, 4.69) is 26.1 Å². The van der Waals surface area contributed by atoms with Crippen molar-refractivity contribution in [2.24, 2.45) is 0 Å². The Morgan fingerprint density at radius 1 is 1.35 bits per heavy atom. The van der Waals surface area contributed by atoms with Gasteiger partial charge in [0.15, 0.2) is 0 Å². The van der Waals surface area contributed by atoms with Crippen LogP contribution in [0, 0.1) is 0 Å². The number of carbonyl (C=O) groups is 1. The molecule has 1 aromatic carbocycles. The second-order valence-corrected chi connectivity index (χ2v) is 6.73. The number of halogens is 1. The summed E-state index contributed by atoms with van der Waals surface area (Å²) in [6.45, 7) is 2.80. The van der Waals surface area contributed by atoms with Gasteiger partial charge in [0.1, 0.15) is 6.04 Å². The summed E-state index contributed by atoms with van der Waals surface area (Å²) >= 11 is 3.42. The van der Waals surface area contributed by atoms with Crippen molar-refractivity contribution in [3.8, 4) is 11.4 Å². The van der Waals surface area contributed by atoms with E-state index in [1.807, 2.05) is 36.1 Å². The average Bonchev–Trinajstić information content (AvgIpc) is 3.05. The lowest BCUT2D eigenvalue weighted by molar-refractivity contribution is -0.135. The molecule has 1 amide bonds. The summed E-state index contributed by atoms with van der Waals surface area (Å²) in [4.78, 5) is 18.8. The van der Waals surface area contributed by atoms with Crippen LogP contribution in [-0.4, -0.2) is 27.5 Å². The molecule has 3 rings (SSSR count). The zero-order valence-corrected chi connectivity index (χ0v) is 14.8. The lowest BCUT2D eigenvalue weighted by Gasteiger charge is -2.33. The van der Waals surface area contributed by atoms with Crippen molar-refractivity contribution in [3.05, 3.63) is 34.6 Å². The second-order valence-electron chi connectivity index (χ2n) is 5.81. The normalized spacial score (nSPS) is 18.2. The van der Waals surface area contributed by atoms with Crippen LogP contribution in [-0.2, 0) is 4.79 Å². The van der Waals surface area contributed by atoms with Gasteiger partial charge >= 0.3 is 0 Å². The lowest BCUT2D eigenvalue weighted by Crippen LogP contribution is -2.38. The number of amides is 1.